The van der Waals surface area contributed by atoms with E-state index in [1.165, 1.54) is 23.2 Å². The third-order valence-corrected chi connectivity index (χ3v) is 5.03. The number of carbonyl (C=O) groups excluding carboxylic acids is 1. The number of halogens is 3. The van der Waals surface area contributed by atoms with Gasteiger partial charge in [0.2, 0.25) is 0 Å². The summed E-state index contributed by atoms with van der Waals surface area (Å²) < 4.78 is 49.1. The Bertz CT molecular complexity index is 1120. The standard InChI is InChI=1S/C23H21F3N3O2/c1-3-10-23(25,26)13-29-22(15-4-7-17(24)8-5-15)21(14(2)28-29)16-6-9-19-18(11-16)27-20(30)12-31-19/h3-9,11H,10,12-13H2,1-2H3,(H,27,30). The van der Waals surface area contributed by atoms with Gasteiger partial charge in [0.25, 0.3) is 11.8 Å². The van der Waals surface area contributed by atoms with Crippen molar-refractivity contribution in [1.82, 2.24) is 9.78 Å². The molecule has 0 aliphatic carbocycles. The molecule has 161 valence electrons. The van der Waals surface area contributed by atoms with Gasteiger partial charge in [-0.3, -0.25) is 9.48 Å². The summed E-state index contributed by atoms with van der Waals surface area (Å²) in [4.78, 5) is 11.7. The Hall–Kier alpha value is -3.29. The number of rotatable bonds is 6. The zero-order chi connectivity index (χ0) is 22.2. The van der Waals surface area contributed by atoms with Gasteiger partial charge in [-0.2, -0.15) is 5.10 Å². The number of anilines is 1. The molecule has 1 aromatic heterocycles. The number of carbonyl (C=O) groups is 1. The van der Waals surface area contributed by atoms with Gasteiger partial charge in [-0.05, 0) is 55.3 Å². The molecule has 8 heteroatoms. The average molecular weight is 428 g/mol. The monoisotopic (exact) mass is 428 g/mol. The first-order valence-electron chi connectivity index (χ1n) is 9.83. The quantitative estimate of drug-likeness (QED) is 0.584. The van der Waals surface area contributed by atoms with Crippen LogP contribution in [0.5, 0.6) is 5.75 Å². The Kier molecular flexibility index (Phi) is 5.47. The van der Waals surface area contributed by atoms with Crippen molar-refractivity contribution in [2.24, 2.45) is 0 Å². The molecule has 0 spiro atoms. The Morgan fingerprint density at radius 3 is 2.61 bits per heavy atom. The number of hydrogen-bond donors (Lipinski definition) is 1. The van der Waals surface area contributed by atoms with Crippen LogP contribution in [-0.2, 0) is 11.3 Å². The predicted molar refractivity (Wildman–Crippen MR) is 111 cm³/mol. The molecule has 0 saturated heterocycles. The lowest BCUT2D eigenvalue weighted by molar-refractivity contribution is -0.118. The number of nitrogens with zero attached hydrogens (tertiary/aromatic N) is 2. The van der Waals surface area contributed by atoms with Gasteiger partial charge in [0, 0.05) is 17.5 Å². The van der Waals surface area contributed by atoms with Crippen molar-refractivity contribution in [2.75, 3.05) is 11.9 Å². The first-order chi connectivity index (χ1) is 14.8. The molecule has 4 rings (SSSR count). The third-order valence-electron chi connectivity index (χ3n) is 5.03. The Balaban J connectivity index is 1.87. The molecule has 2 aromatic carbocycles. The van der Waals surface area contributed by atoms with Crippen LogP contribution in [0.15, 0.2) is 42.5 Å². The first-order valence-corrected chi connectivity index (χ1v) is 9.83. The van der Waals surface area contributed by atoms with Gasteiger partial charge in [0.1, 0.15) is 18.1 Å². The van der Waals surface area contributed by atoms with E-state index in [0.29, 0.717) is 39.5 Å². The highest BCUT2D eigenvalue weighted by atomic mass is 19.3. The maximum atomic E-state index is 14.5. The zero-order valence-corrected chi connectivity index (χ0v) is 17.1. The van der Waals surface area contributed by atoms with Crippen molar-refractivity contribution in [3.05, 3.63) is 60.4 Å². The minimum atomic E-state index is -2.99. The maximum absolute atomic E-state index is 14.5. The van der Waals surface area contributed by atoms with Crippen LogP contribution in [0.2, 0.25) is 0 Å². The summed E-state index contributed by atoms with van der Waals surface area (Å²) >= 11 is 0. The van der Waals surface area contributed by atoms with E-state index in [2.05, 4.69) is 10.4 Å². The van der Waals surface area contributed by atoms with Crippen LogP contribution in [0.4, 0.5) is 18.9 Å². The van der Waals surface area contributed by atoms with Gasteiger partial charge >= 0.3 is 0 Å². The van der Waals surface area contributed by atoms with Gasteiger partial charge < -0.3 is 10.1 Å². The Morgan fingerprint density at radius 2 is 1.90 bits per heavy atom. The molecule has 3 aromatic rings. The van der Waals surface area contributed by atoms with Crippen molar-refractivity contribution >= 4 is 11.6 Å². The fraction of sp³-hybridized carbons (Fsp3) is 0.261. The molecule has 31 heavy (non-hydrogen) atoms. The lowest BCUT2D eigenvalue weighted by Crippen LogP contribution is -2.25. The molecular weight excluding hydrogens is 407 g/mol. The SMILES string of the molecule is C[CH]CC(F)(F)Cn1nc(C)c(-c2ccc3c(c2)NC(=O)CO3)c1-c1ccc(F)cc1. The molecule has 1 amide bonds. The van der Waals surface area contributed by atoms with E-state index >= 15 is 0 Å². The number of aryl methyl sites for hydroxylation is 1. The average Bonchev–Trinajstić information content (AvgIpc) is 3.02. The lowest BCUT2D eigenvalue weighted by Gasteiger charge is -2.19. The second kappa shape index (κ2) is 8.09. The van der Waals surface area contributed by atoms with Crippen LogP contribution in [0, 0.1) is 19.2 Å². The molecule has 0 fully saturated rings. The number of amides is 1. The lowest BCUT2D eigenvalue weighted by atomic mass is 9.98. The molecule has 0 unspecified atom stereocenters. The highest BCUT2D eigenvalue weighted by Gasteiger charge is 2.32. The molecular formula is C23H21F3N3O2. The molecule has 1 radical (unpaired) electrons. The van der Waals surface area contributed by atoms with Crippen molar-refractivity contribution < 1.29 is 22.7 Å². The number of nitrogens with one attached hydrogen (secondary N) is 1. The van der Waals surface area contributed by atoms with Crippen LogP contribution < -0.4 is 10.1 Å². The first kappa shape index (κ1) is 21.0. The van der Waals surface area contributed by atoms with E-state index in [-0.39, 0.29) is 18.9 Å². The van der Waals surface area contributed by atoms with Gasteiger partial charge in [-0.1, -0.05) is 13.0 Å². The van der Waals surface area contributed by atoms with Crippen LogP contribution in [0.1, 0.15) is 19.0 Å². The minimum absolute atomic E-state index is 0.0618. The minimum Gasteiger partial charge on any atom is -0.482 e. The van der Waals surface area contributed by atoms with Crippen molar-refractivity contribution in [3.63, 3.8) is 0 Å². The van der Waals surface area contributed by atoms with E-state index in [0.717, 1.165) is 0 Å². The van der Waals surface area contributed by atoms with Crippen molar-refractivity contribution in [2.45, 2.75) is 32.7 Å². The van der Waals surface area contributed by atoms with Gasteiger partial charge in [0.15, 0.2) is 6.61 Å². The van der Waals surface area contributed by atoms with E-state index < -0.39 is 18.3 Å². The maximum Gasteiger partial charge on any atom is 0.267 e. The van der Waals surface area contributed by atoms with Gasteiger partial charge in [0.05, 0.1) is 17.1 Å². The highest BCUT2D eigenvalue weighted by molar-refractivity contribution is 5.97. The van der Waals surface area contributed by atoms with Crippen LogP contribution in [-0.4, -0.2) is 28.2 Å². The number of fused-ring (bicyclic) bond motifs is 1. The topological polar surface area (TPSA) is 56.2 Å². The molecule has 0 bridgehead atoms. The largest absolute Gasteiger partial charge is 0.482 e. The van der Waals surface area contributed by atoms with E-state index in [9.17, 15) is 18.0 Å². The fourth-order valence-electron chi connectivity index (χ4n) is 3.76. The van der Waals surface area contributed by atoms with Crippen LogP contribution >= 0.6 is 0 Å². The highest BCUT2D eigenvalue weighted by Crippen LogP contribution is 2.40. The molecule has 0 atom stereocenters. The molecule has 0 saturated carbocycles. The molecule has 5 nitrogen and oxygen atoms in total. The van der Waals surface area contributed by atoms with Crippen molar-refractivity contribution in [1.29, 1.82) is 0 Å². The summed E-state index contributed by atoms with van der Waals surface area (Å²) in [5.41, 5.74) is 3.36. The van der Waals surface area contributed by atoms with E-state index in [1.54, 1.807) is 44.2 Å². The summed E-state index contributed by atoms with van der Waals surface area (Å²) in [7, 11) is 0. The Morgan fingerprint density at radius 1 is 1.19 bits per heavy atom. The summed E-state index contributed by atoms with van der Waals surface area (Å²) in [6, 6.07) is 10.9. The second-order valence-electron chi connectivity index (χ2n) is 7.49. The second-order valence-corrected chi connectivity index (χ2v) is 7.49. The number of aromatic nitrogens is 2. The smallest absolute Gasteiger partial charge is 0.267 e. The summed E-state index contributed by atoms with van der Waals surface area (Å²) in [5.74, 6) is -3.16. The summed E-state index contributed by atoms with van der Waals surface area (Å²) in [6.45, 7) is 2.64. The molecule has 1 aliphatic heterocycles. The normalized spacial score (nSPS) is 13.5. The number of hydrogen-bond acceptors (Lipinski definition) is 3. The van der Waals surface area contributed by atoms with Gasteiger partial charge in [-0.15, -0.1) is 0 Å². The van der Waals surface area contributed by atoms with Crippen LogP contribution in [0.3, 0.4) is 0 Å². The fourth-order valence-corrected chi connectivity index (χ4v) is 3.76. The van der Waals surface area contributed by atoms with E-state index in [4.69, 9.17) is 4.74 Å². The molecule has 1 aliphatic rings. The Labute approximate surface area is 177 Å². The summed E-state index contributed by atoms with van der Waals surface area (Å²) in [5, 5.41) is 7.14. The number of alkyl halides is 2. The number of benzene rings is 2. The zero-order valence-electron chi connectivity index (χ0n) is 17.1. The van der Waals surface area contributed by atoms with Gasteiger partial charge in [-0.25, -0.2) is 13.2 Å². The molecule has 2 heterocycles. The van der Waals surface area contributed by atoms with Crippen molar-refractivity contribution in [3.8, 4) is 28.1 Å². The van der Waals surface area contributed by atoms with E-state index in [1.807, 2.05) is 0 Å². The molecule has 1 N–H and O–H groups in total. The summed E-state index contributed by atoms with van der Waals surface area (Å²) in [6.07, 6.45) is 1.04. The van der Waals surface area contributed by atoms with Crippen LogP contribution in [0.25, 0.3) is 22.4 Å². The third kappa shape index (κ3) is 4.28. The predicted octanol–water partition coefficient (Wildman–Crippen LogP) is 5.25. The number of ether oxygens (including phenoxy) is 1.